The zero-order valence-corrected chi connectivity index (χ0v) is 7.11. The third-order valence-corrected chi connectivity index (χ3v) is 1.83. The highest BCUT2D eigenvalue weighted by atomic mass is 14.7. The van der Waals surface area contributed by atoms with Crippen molar-refractivity contribution in [3.05, 3.63) is 30.1 Å². The van der Waals surface area contributed by atoms with Crippen LogP contribution >= 0.6 is 0 Å². The van der Waals surface area contributed by atoms with Crippen LogP contribution in [0.4, 0.5) is 0 Å². The lowest BCUT2D eigenvalue weighted by molar-refractivity contribution is 0.616. The molecule has 1 aromatic heterocycles. The second-order valence-corrected chi connectivity index (χ2v) is 2.82. The molecule has 0 bridgehead atoms. The van der Waals surface area contributed by atoms with Crippen LogP contribution in [0.15, 0.2) is 24.5 Å². The summed E-state index contributed by atoms with van der Waals surface area (Å²) in [5.41, 5.74) is 12.4. The number of nitrogens with zero attached hydrogens (tertiary/aromatic N) is 1. The molecular weight excluding hydrogens is 150 g/mol. The van der Waals surface area contributed by atoms with Gasteiger partial charge in [0.25, 0.3) is 0 Å². The summed E-state index contributed by atoms with van der Waals surface area (Å²) in [4.78, 5) is 4.00. The summed E-state index contributed by atoms with van der Waals surface area (Å²) in [7, 11) is 0. The summed E-state index contributed by atoms with van der Waals surface area (Å²) in [5.74, 6) is 0. The molecule has 66 valence electrons. The first-order chi connectivity index (χ1) is 5.84. The van der Waals surface area contributed by atoms with Crippen LogP contribution in [0.3, 0.4) is 0 Å². The van der Waals surface area contributed by atoms with Gasteiger partial charge in [0.2, 0.25) is 0 Å². The number of nitrogens with two attached hydrogens (primary N) is 2. The molecule has 0 aromatic carbocycles. The van der Waals surface area contributed by atoms with Gasteiger partial charge in [-0.2, -0.15) is 0 Å². The van der Waals surface area contributed by atoms with E-state index in [4.69, 9.17) is 11.5 Å². The largest absolute Gasteiger partial charge is 0.330 e. The van der Waals surface area contributed by atoms with E-state index in [1.807, 2.05) is 12.1 Å². The van der Waals surface area contributed by atoms with Crippen LogP contribution in [0.2, 0.25) is 0 Å². The molecule has 0 saturated carbocycles. The Bertz CT molecular complexity index is 210. The Labute approximate surface area is 72.8 Å². The number of aromatic nitrogens is 1. The predicted molar refractivity (Wildman–Crippen MR) is 49.5 cm³/mol. The minimum atomic E-state index is 0.0854. The average Bonchev–Trinajstić information content (AvgIpc) is 2.15. The molecule has 0 amide bonds. The minimum Gasteiger partial charge on any atom is -0.330 e. The molecule has 12 heavy (non-hydrogen) atoms. The Morgan fingerprint density at radius 1 is 1.50 bits per heavy atom. The smallest absolute Gasteiger partial charge is 0.0315 e. The van der Waals surface area contributed by atoms with E-state index in [0.717, 1.165) is 18.4 Å². The first-order valence-electron chi connectivity index (χ1n) is 4.20. The molecule has 0 radical (unpaired) electrons. The summed E-state index contributed by atoms with van der Waals surface area (Å²) < 4.78 is 0. The molecule has 0 aliphatic heterocycles. The fourth-order valence-electron chi connectivity index (χ4n) is 1.10. The highest BCUT2D eigenvalue weighted by Crippen LogP contribution is 2.12. The zero-order chi connectivity index (χ0) is 8.81. The van der Waals surface area contributed by atoms with Crippen LogP contribution in [0, 0.1) is 0 Å². The summed E-state index contributed by atoms with van der Waals surface area (Å²) in [6, 6.07) is 3.98. The van der Waals surface area contributed by atoms with Gasteiger partial charge in [0, 0.05) is 18.4 Å². The van der Waals surface area contributed by atoms with Gasteiger partial charge >= 0.3 is 0 Å². The second-order valence-electron chi connectivity index (χ2n) is 2.82. The Hall–Kier alpha value is -0.930. The van der Waals surface area contributed by atoms with E-state index in [1.54, 1.807) is 12.4 Å². The van der Waals surface area contributed by atoms with Crippen molar-refractivity contribution in [1.29, 1.82) is 0 Å². The van der Waals surface area contributed by atoms with Gasteiger partial charge in [0.05, 0.1) is 0 Å². The maximum Gasteiger partial charge on any atom is 0.0315 e. The minimum absolute atomic E-state index is 0.0854. The zero-order valence-electron chi connectivity index (χ0n) is 7.11. The van der Waals surface area contributed by atoms with E-state index in [0.29, 0.717) is 6.54 Å². The van der Waals surface area contributed by atoms with Gasteiger partial charge in [0.15, 0.2) is 0 Å². The van der Waals surface area contributed by atoms with Crippen molar-refractivity contribution < 1.29 is 0 Å². The Morgan fingerprint density at radius 2 is 2.33 bits per heavy atom. The van der Waals surface area contributed by atoms with Gasteiger partial charge in [-0.15, -0.1) is 0 Å². The fourth-order valence-corrected chi connectivity index (χ4v) is 1.10. The molecule has 1 rings (SSSR count). The van der Waals surface area contributed by atoms with Gasteiger partial charge in [-0.3, -0.25) is 4.98 Å². The van der Waals surface area contributed by atoms with Crippen molar-refractivity contribution in [1.82, 2.24) is 4.98 Å². The summed E-state index contributed by atoms with van der Waals surface area (Å²) in [6.45, 7) is 0.702. The van der Waals surface area contributed by atoms with E-state index in [1.165, 1.54) is 0 Å². The molecule has 0 saturated heterocycles. The second kappa shape index (κ2) is 4.85. The monoisotopic (exact) mass is 165 g/mol. The molecule has 3 nitrogen and oxygen atoms in total. The SMILES string of the molecule is NCCC[C@H](N)c1cccnc1. The van der Waals surface area contributed by atoms with E-state index >= 15 is 0 Å². The number of rotatable bonds is 4. The molecule has 1 aromatic rings. The van der Waals surface area contributed by atoms with Gasteiger partial charge in [-0.05, 0) is 31.0 Å². The molecule has 1 atom stereocenters. The first-order valence-corrected chi connectivity index (χ1v) is 4.20. The molecule has 0 unspecified atom stereocenters. The summed E-state index contributed by atoms with van der Waals surface area (Å²) in [5, 5.41) is 0. The number of hydrogen-bond acceptors (Lipinski definition) is 3. The maximum atomic E-state index is 5.89. The van der Waals surface area contributed by atoms with Gasteiger partial charge < -0.3 is 11.5 Å². The Morgan fingerprint density at radius 3 is 2.92 bits per heavy atom. The third-order valence-electron chi connectivity index (χ3n) is 1.83. The van der Waals surface area contributed by atoms with E-state index in [9.17, 15) is 0 Å². The lowest BCUT2D eigenvalue weighted by Crippen LogP contribution is -2.12. The molecule has 0 fully saturated rings. The van der Waals surface area contributed by atoms with Crippen molar-refractivity contribution in [2.24, 2.45) is 11.5 Å². The van der Waals surface area contributed by atoms with Gasteiger partial charge in [0.1, 0.15) is 0 Å². The predicted octanol–water partition coefficient (Wildman–Crippen LogP) is 0.820. The molecule has 4 N–H and O–H groups in total. The van der Waals surface area contributed by atoms with E-state index < -0.39 is 0 Å². The molecular formula is C9H15N3. The van der Waals surface area contributed by atoms with Crippen molar-refractivity contribution >= 4 is 0 Å². The number of pyridine rings is 1. The highest BCUT2D eigenvalue weighted by Gasteiger charge is 2.03. The molecule has 0 spiro atoms. The standard InChI is InChI=1S/C9H15N3/c10-5-1-4-9(11)8-3-2-6-12-7-8/h2-3,6-7,9H,1,4-5,10-11H2/t9-/m0/s1. The van der Waals surface area contributed by atoms with Crippen molar-refractivity contribution in [3.8, 4) is 0 Å². The lowest BCUT2D eigenvalue weighted by Gasteiger charge is -2.09. The topological polar surface area (TPSA) is 64.9 Å². The summed E-state index contributed by atoms with van der Waals surface area (Å²) in [6.07, 6.45) is 5.46. The van der Waals surface area contributed by atoms with Crippen LogP contribution < -0.4 is 11.5 Å². The number of hydrogen-bond donors (Lipinski definition) is 2. The summed E-state index contributed by atoms with van der Waals surface area (Å²) >= 11 is 0. The highest BCUT2D eigenvalue weighted by molar-refractivity contribution is 5.12. The average molecular weight is 165 g/mol. The van der Waals surface area contributed by atoms with Crippen LogP contribution in [0.1, 0.15) is 24.4 Å². The van der Waals surface area contributed by atoms with Crippen LogP contribution in [0.5, 0.6) is 0 Å². The normalized spacial score (nSPS) is 12.8. The molecule has 0 aliphatic rings. The molecule has 3 heteroatoms. The van der Waals surface area contributed by atoms with Crippen molar-refractivity contribution in [3.63, 3.8) is 0 Å². The maximum absolute atomic E-state index is 5.89. The lowest BCUT2D eigenvalue weighted by atomic mass is 10.1. The quantitative estimate of drug-likeness (QED) is 0.694. The molecule has 0 aliphatic carbocycles. The fraction of sp³-hybridized carbons (Fsp3) is 0.444. The van der Waals surface area contributed by atoms with Crippen molar-refractivity contribution in [2.45, 2.75) is 18.9 Å². The Kier molecular flexibility index (Phi) is 3.70. The molecule has 1 heterocycles. The third kappa shape index (κ3) is 2.60. The van der Waals surface area contributed by atoms with Crippen LogP contribution in [-0.4, -0.2) is 11.5 Å². The van der Waals surface area contributed by atoms with E-state index in [-0.39, 0.29) is 6.04 Å². The Balaban J connectivity index is 2.48. The van der Waals surface area contributed by atoms with Crippen LogP contribution in [0.25, 0.3) is 0 Å². The van der Waals surface area contributed by atoms with Crippen molar-refractivity contribution in [2.75, 3.05) is 6.54 Å². The van der Waals surface area contributed by atoms with Gasteiger partial charge in [-0.25, -0.2) is 0 Å². The van der Waals surface area contributed by atoms with Crippen LogP contribution in [-0.2, 0) is 0 Å². The van der Waals surface area contributed by atoms with Gasteiger partial charge in [-0.1, -0.05) is 6.07 Å². The van der Waals surface area contributed by atoms with E-state index in [2.05, 4.69) is 4.98 Å². The first kappa shape index (κ1) is 9.16.